The van der Waals surface area contributed by atoms with Crippen molar-refractivity contribution in [2.45, 2.75) is 51.4 Å². The maximum atomic E-state index is 14.3. The predicted octanol–water partition coefficient (Wildman–Crippen LogP) is 3.29. The highest BCUT2D eigenvalue weighted by Crippen LogP contribution is 2.38. The molecule has 2 fully saturated rings. The number of hydrogen-bond acceptors (Lipinski definition) is 10. The zero-order chi connectivity index (χ0) is 35.5. The lowest BCUT2D eigenvalue weighted by Gasteiger charge is -2.45. The van der Waals surface area contributed by atoms with Crippen LogP contribution in [0.4, 0.5) is 0 Å². The van der Waals surface area contributed by atoms with Crippen LogP contribution in [-0.2, 0) is 19.7 Å². The van der Waals surface area contributed by atoms with Gasteiger partial charge in [0.05, 0.1) is 30.4 Å². The molecule has 3 aromatic rings. The Labute approximate surface area is 295 Å². The van der Waals surface area contributed by atoms with Gasteiger partial charge in [0.1, 0.15) is 12.1 Å². The number of esters is 1. The topological polar surface area (TPSA) is 126 Å². The highest BCUT2D eigenvalue weighted by atomic mass is 16.5. The number of amides is 2. The maximum Gasteiger partial charge on any atom is 0.305 e. The minimum Gasteiger partial charge on any atom is -0.496 e. The van der Waals surface area contributed by atoms with Crippen molar-refractivity contribution in [3.05, 3.63) is 66.0 Å². The van der Waals surface area contributed by atoms with E-state index in [-0.39, 0.29) is 23.7 Å². The summed E-state index contributed by atoms with van der Waals surface area (Å²) in [5, 5.41) is 11.3. The fourth-order valence-corrected chi connectivity index (χ4v) is 7.23. The van der Waals surface area contributed by atoms with Gasteiger partial charge < -0.3 is 24.2 Å². The number of piperidine rings is 1. The van der Waals surface area contributed by atoms with Crippen LogP contribution in [-0.4, -0.2) is 137 Å². The largest absolute Gasteiger partial charge is 0.496 e. The molecule has 2 saturated heterocycles. The summed E-state index contributed by atoms with van der Waals surface area (Å²) < 4.78 is 12.1. The molecule has 2 aliphatic rings. The molecular formula is C37H52N8O5. The minimum atomic E-state index is -0.530. The Kier molecular flexibility index (Phi) is 12.9. The number of nitrogens with zero attached hydrogens (tertiary/aromatic N) is 8. The molecule has 1 atom stereocenters. The van der Waals surface area contributed by atoms with Crippen LogP contribution in [0.25, 0.3) is 5.69 Å². The molecule has 270 valence electrons. The lowest BCUT2D eigenvalue weighted by molar-refractivity contribution is -0.143. The molecule has 2 aromatic carbocycles. The van der Waals surface area contributed by atoms with E-state index < -0.39 is 5.41 Å². The zero-order valence-electron chi connectivity index (χ0n) is 30.0. The number of methoxy groups -OCH3 is 1. The Hall–Kier alpha value is -4.36. The first-order valence-corrected chi connectivity index (χ1v) is 17.9. The third-order valence-corrected chi connectivity index (χ3v) is 10.2. The molecule has 50 heavy (non-hydrogen) atoms. The fourth-order valence-electron chi connectivity index (χ4n) is 7.23. The van der Waals surface area contributed by atoms with E-state index in [1.165, 1.54) is 11.0 Å². The quantitative estimate of drug-likeness (QED) is 0.220. The molecule has 2 amide bonds. The lowest BCUT2D eigenvalue weighted by atomic mass is 9.71. The summed E-state index contributed by atoms with van der Waals surface area (Å²) in [7, 11) is 3.38. The molecule has 2 aliphatic heterocycles. The van der Waals surface area contributed by atoms with Gasteiger partial charge in [0.25, 0.3) is 5.91 Å². The highest BCUT2D eigenvalue weighted by molar-refractivity contribution is 5.97. The van der Waals surface area contributed by atoms with Crippen LogP contribution in [0.2, 0.25) is 0 Å². The van der Waals surface area contributed by atoms with Gasteiger partial charge in [0.15, 0.2) is 0 Å². The smallest absolute Gasteiger partial charge is 0.305 e. The lowest BCUT2D eigenvalue weighted by Crippen LogP contribution is -2.57. The van der Waals surface area contributed by atoms with E-state index in [0.29, 0.717) is 49.7 Å². The van der Waals surface area contributed by atoms with Gasteiger partial charge in [-0.15, -0.1) is 5.10 Å². The number of carbonyl (C=O) groups is 3. The van der Waals surface area contributed by atoms with Gasteiger partial charge in [0.2, 0.25) is 5.91 Å². The van der Waals surface area contributed by atoms with E-state index in [4.69, 9.17) is 9.47 Å². The van der Waals surface area contributed by atoms with Crippen LogP contribution >= 0.6 is 0 Å². The monoisotopic (exact) mass is 688 g/mol. The first-order valence-electron chi connectivity index (χ1n) is 17.9. The fraction of sp³-hybridized carbons (Fsp3) is 0.568. The molecule has 5 rings (SSSR count). The number of benzene rings is 2. The standard InChI is InChI=1S/C37H52N8O5/c1-5-50-34(46)12-9-18-42-22-24-44(25-23-42)36(48)37(30-10-7-6-8-11-30)16-20-43(21-17-37)19-15-29(2)27-41(3)35(47)32-26-31(13-14-33(32)49-4)45-28-38-39-40-45/h6-8,10-11,13-14,26,28-29H,5,9,12,15-25,27H2,1-4H3. The van der Waals surface area contributed by atoms with Crippen molar-refractivity contribution >= 4 is 17.8 Å². The number of carbonyl (C=O) groups excluding carboxylic acids is 3. The van der Waals surface area contributed by atoms with Crippen molar-refractivity contribution in [3.63, 3.8) is 0 Å². The first-order chi connectivity index (χ1) is 24.2. The second-order valence-corrected chi connectivity index (χ2v) is 13.6. The summed E-state index contributed by atoms with van der Waals surface area (Å²) in [5.41, 5.74) is 1.72. The van der Waals surface area contributed by atoms with Crippen molar-refractivity contribution in [2.24, 2.45) is 5.92 Å². The van der Waals surface area contributed by atoms with Gasteiger partial charge in [-0.2, -0.15) is 0 Å². The Balaban J connectivity index is 1.13. The second-order valence-electron chi connectivity index (χ2n) is 13.6. The van der Waals surface area contributed by atoms with Gasteiger partial charge in [-0.3, -0.25) is 19.3 Å². The number of hydrogen-bond donors (Lipinski definition) is 0. The number of rotatable bonds is 15. The van der Waals surface area contributed by atoms with E-state index in [1.54, 1.807) is 24.1 Å². The first kappa shape index (κ1) is 36.9. The highest BCUT2D eigenvalue weighted by Gasteiger charge is 2.45. The van der Waals surface area contributed by atoms with E-state index in [1.807, 2.05) is 38.2 Å². The maximum absolute atomic E-state index is 14.3. The van der Waals surface area contributed by atoms with E-state index in [9.17, 15) is 14.4 Å². The molecule has 0 radical (unpaired) electrons. The number of ether oxygens (including phenoxy) is 2. The van der Waals surface area contributed by atoms with Crippen molar-refractivity contribution in [3.8, 4) is 11.4 Å². The summed E-state index contributed by atoms with van der Waals surface area (Å²) in [5.74, 6) is 0.751. The number of tetrazole rings is 1. The summed E-state index contributed by atoms with van der Waals surface area (Å²) >= 11 is 0. The Morgan fingerprint density at radius 2 is 1.68 bits per heavy atom. The summed E-state index contributed by atoms with van der Waals surface area (Å²) in [6.45, 7) is 11.5. The molecule has 0 bridgehead atoms. The van der Waals surface area contributed by atoms with Crippen LogP contribution in [0.15, 0.2) is 54.9 Å². The van der Waals surface area contributed by atoms with Gasteiger partial charge in [-0.25, -0.2) is 4.68 Å². The van der Waals surface area contributed by atoms with Gasteiger partial charge in [-0.1, -0.05) is 37.3 Å². The molecule has 3 heterocycles. The SMILES string of the molecule is CCOC(=O)CCCN1CCN(C(=O)C2(c3ccccc3)CCN(CCC(C)CN(C)C(=O)c3cc(-n4cnnn4)ccc3OC)CC2)CC1. The molecule has 0 spiro atoms. The number of piperazine rings is 1. The normalized spacial score (nSPS) is 17.2. The second kappa shape index (κ2) is 17.5. The molecule has 0 N–H and O–H groups in total. The Morgan fingerprint density at radius 3 is 2.34 bits per heavy atom. The molecule has 0 saturated carbocycles. The van der Waals surface area contributed by atoms with Crippen molar-refractivity contribution < 1.29 is 23.9 Å². The van der Waals surface area contributed by atoms with Crippen molar-refractivity contribution in [1.29, 1.82) is 0 Å². The average Bonchev–Trinajstić information content (AvgIpc) is 3.69. The van der Waals surface area contributed by atoms with Crippen LogP contribution in [0.1, 0.15) is 61.9 Å². The van der Waals surface area contributed by atoms with Crippen LogP contribution in [0.3, 0.4) is 0 Å². The predicted molar refractivity (Wildman–Crippen MR) is 189 cm³/mol. The van der Waals surface area contributed by atoms with Crippen LogP contribution < -0.4 is 4.74 Å². The molecule has 1 unspecified atom stereocenters. The number of aromatic nitrogens is 4. The molecular weight excluding hydrogens is 636 g/mol. The minimum absolute atomic E-state index is 0.120. The Bertz CT molecular complexity index is 1540. The zero-order valence-corrected chi connectivity index (χ0v) is 30.0. The third kappa shape index (κ3) is 9.05. The molecule has 1 aromatic heterocycles. The van der Waals surface area contributed by atoms with Gasteiger partial charge in [-0.05, 0) is 98.9 Å². The van der Waals surface area contributed by atoms with E-state index >= 15 is 0 Å². The summed E-state index contributed by atoms with van der Waals surface area (Å²) in [6, 6.07) is 15.6. The summed E-state index contributed by atoms with van der Waals surface area (Å²) in [4.78, 5) is 48.2. The molecule has 13 nitrogen and oxygen atoms in total. The van der Waals surface area contributed by atoms with Gasteiger partial charge in [0, 0.05) is 46.2 Å². The summed E-state index contributed by atoms with van der Waals surface area (Å²) in [6.07, 6.45) is 5.18. The number of likely N-dealkylation sites (tertiary alicyclic amines) is 1. The van der Waals surface area contributed by atoms with E-state index in [0.717, 1.165) is 70.5 Å². The average molecular weight is 689 g/mol. The van der Waals surface area contributed by atoms with Crippen LogP contribution in [0, 0.1) is 5.92 Å². The molecule has 13 heteroatoms. The van der Waals surface area contributed by atoms with Crippen molar-refractivity contribution in [1.82, 2.24) is 39.8 Å². The van der Waals surface area contributed by atoms with Crippen LogP contribution in [0.5, 0.6) is 5.75 Å². The molecule has 0 aliphatic carbocycles. The van der Waals surface area contributed by atoms with Crippen molar-refractivity contribution in [2.75, 3.05) is 79.7 Å². The van der Waals surface area contributed by atoms with Gasteiger partial charge >= 0.3 is 5.97 Å². The third-order valence-electron chi connectivity index (χ3n) is 10.2. The van der Waals surface area contributed by atoms with E-state index in [2.05, 4.69) is 49.3 Å². The Morgan fingerprint density at radius 1 is 0.960 bits per heavy atom.